The Morgan fingerprint density at radius 1 is 1.14 bits per heavy atom. The molecular weight excluding hydrogens is 388 g/mol. The number of nitrogens with one attached hydrogen (secondary N) is 1. The second-order valence-corrected chi connectivity index (χ2v) is 9.13. The third-order valence-electron chi connectivity index (χ3n) is 5.31. The van der Waals surface area contributed by atoms with Crippen LogP contribution in [-0.2, 0) is 14.8 Å². The molecule has 2 aromatic rings. The largest absolute Gasteiger partial charge is 0.495 e. The lowest BCUT2D eigenvalue weighted by Crippen LogP contribution is -2.30. The monoisotopic (exact) mass is 416 g/mol. The van der Waals surface area contributed by atoms with Crippen LogP contribution in [0.15, 0.2) is 53.4 Å². The molecule has 0 bridgehead atoms. The molecular formula is C22H28N2O4S. The Morgan fingerprint density at radius 2 is 1.83 bits per heavy atom. The molecule has 1 aliphatic rings. The van der Waals surface area contributed by atoms with Crippen LogP contribution in [0, 0.1) is 5.92 Å². The first-order valence-corrected chi connectivity index (χ1v) is 11.5. The van der Waals surface area contributed by atoms with Crippen molar-refractivity contribution in [3.8, 4) is 5.75 Å². The molecule has 1 saturated carbocycles. The third kappa shape index (κ3) is 4.90. The first-order chi connectivity index (χ1) is 14.0. The van der Waals surface area contributed by atoms with Gasteiger partial charge >= 0.3 is 0 Å². The maximum absolute atomic E-state index is 13.3. The molecule has 0 aromatic heterocycles. The van der Waals surface area contributed by atoms with Crippen LogP contribution in [0.5, 0.6) is 5.75 Å². The lowest BCUT2D eigenvalue weighted by atomic mass is 10.0. The predicted molar refractivity (Wildman–Crippen MR) is 115 cm³/mol. The van der Waals surface area contributed by atoms with Gasteiger partial charge in [0.05, 0.1) is 23.4 Å². The Balaban J connectivity index is 1.87. The van der Waals surface area contributed by atoms with Crippen LogP contribution in [0.2, 0.25) is 0 Å². The summed E-state index contributed by atoms with van der Waals surface area (Å²) in [5, 5.41) is 2.85. The molecule has 6 nitrogen and oxygen atoms in total. The van der Waals surface area contributed by atoms with Crippen molar-refractivity contribution in [1.82, 2.24) is 0 Å². The zero-order chi connectivity index (χ0) is 20.9. The van der Waals surface area contributed by atoms with Crippen molar-refractivity contribution in [3.05, 3.63) is 48.5 Å². The Labute approximate surface area is 172 Å². The predicted octanol–water partition coefficient (Wildman–Crippen LogP) is 4.43. The van der Waals surface area contributed by atoms with E-state index in [1.165, 1.54) is 36.4 Å². The molecule has 3 rings (SSSR count). The molecule has 0 heterocycles. The molecule has 1 N–H and O–H groups in total. The van der Waals surface area contributed by atoms with Gasteiger partial charge in [-0.1, -0.05) is 31.0 Å². The normalized spacial score (nSPS) is 14.6. The first kappa shape index (κ1) is 21.2. The number of benzene rings is 2. The van der Waals surface area contributed by atoms with Gasteiger partial charge in [-0.15, -0.1) is 0 Å². The average molecular weight is 417 g/mol. The number of sulfonamides is 1. The van der Waals surface area contributed by atoms with E-state index in [0.717, 1.165) is 12.8 Å². The number of rotatable bonds is 8. The number of hydrogen-bond donors (Lipinski definition) is 1. The van der Waals surface area contributed by atoms with Crippen LogP contribution in [0.25, 0.3) is 0 Å². The van der Waals surface area contributed by atoms with Crippen molar-refractivity contribution >= 4 is 27.3 Å². The van der Waals surface area contributed by atoms with E-state index in [-0.39, 0.29) is 10.8 Å². The quantitative estimate of drug-likeness (QED) is 0.691. The SMILES string of the molecule is CCN(c1ccccc1)S(=O)(=O)c1ccc(OC)c(NC(=O)CC2CCCC2)c1. The fourth-order valence-electron chi connectivity index (χ4n) is 3.84. The van der Waals surface area contributed by atoms with Crippen molar-refractivity contribution in [2.75, 3.05) is 23.3 Å². The van der Waals surface area contributed by atoms with Crippen LogP contribution < -0.4 is 14.4 Å². The summed E-state index contributed by atoms with van der Waals surface area (Å²) in [6.07, 6.45) is 4.93. The van der Waals surface area contributed by atoms with E-state index >= 15 is 0 Å². The summed E-state index contributed by atoms with van der Waals surface area (Å²) >= 11 is 0. The van der Waals surface area contributed by atoms with Gasteiger partial charge in [0.1, 0.15) is 5.75 Å². The van der Waals surface area contributed by atoms with Crippen LogP contribution >= 0.6 is 0 Å². The number of carbonyl (C=O) groups excluding carboxylic acids is 1. The van der Waals surface area contributed by atoms with Gasteiger partial charge in [-0.3, -0.25) is 9.10 Å². The fourth-order valence-corrected chi connectivity index (χ4v) is 5.34. The molecule has 0 aliphatic heterocycles. The summed E-state index contributed by atoms with van der Waals surface area (Å²) in [6.45, 7) is 2.08. The number of ether oxygens (including phenoxy) is 1. The smallest absolute Gasteiger partial charge is 0.264 e. The van der Waals surface area contributed by atoms with Gasteiger partial charge < -0.3 is 10.1 Å². The summed E-state index contributed by atoms with van der Waals surface area (Å²) in [7, 11) is -2.28. The lowest BCUT2D eigenvalue weighted by Gasteiger charge is -2.23. The van der Waals surface area contributed by atoms with Gasteiger partial charge in [0, 0.05) is 13.0 Å². The minimum atomic E-state index is -3.78. The maximum atomic E-state index is 13.3. The third-order valence-corrected chi connectivity index (χ3v) is 7.21. The van der Waals surface area contributed by atoms with Crippen molar-refractivity contribution in [3.63, 3.8) is 0 Å². The molecule has 7 heteroatoms. The van der Waals surface area contributed by atoms with Crippen molar-refractivity contribution in [2.24, 2.45) is 5.92 Å². The van der Waals surface area contributed by atoms with Crippen molar-refractivity contribution in [2.45, 2.75) is 43.9 Å². The minimum absolute atomic E-state index is 0.111. The number of amides is 1. The van der Waals surface area contributed by atoms with Gasteiger partial charge in [0.15, 0.2) is 0 Å². The molecule has 0 spiro atoms. The van der Waals surface area contributed by atoms with Gasteiger partial charge in [0.2, 0.25) is 5.91 Å². The molecule has 29 heavy (non-hydrogen) atoms. The van der Waals surface area contributed by atoms with Crippen LogP contribution in [0.1, 0.15) is 39.0 Å². The Hall–Kier alpha value is -2.54. The summed E-state index contributed by atoms with van der Waals surface area (Å²) in [5.41, 5.74) is 0.971. The zero-order valence-corrected chi connectivity index (χ0v) is 17.7. The number of carbonyl (C=O) groups is 1. The van der Waals surface area contributed by atoms with Gasteiger partial charge in [-0.25, -0.2) is 8.42 Å². The van der Waals surface area contributed by atoms with Gasteiger partial charge in [-0.05, 0) is 56.0 Å². The van der Waals surface area contributed by atoms with Gasteiger partial charge in [0.25, 0.3) is 10.0 Å². The second-order valence-electron chi connectivity index (χ2n) is 7.27. The first-order valence-electron chi connectivity index (χ1n) is 10.0. The second kappa shape index (κ2) is 9.31. The summed E-state index contributed by atoms with van der Waals surface area (Å²) < 4.78 is 33.2. The summed E-state index contributed by atoms with van der Waals surface area (Å²) in [4.78, 5) is 12.6. The molecule has 0 saturated heterocycles. The standard InChI is InChI=1S/C22H28N2O4S/c1-3-24(18-11-5-4-6-12-18)29(26,27)19-13-14-21(28-2)20(16-19)23-22(25)15-17-9-7-8-10-17/h4-6,11-14,16-17H,3,7-10,15H2,1-2H3,(H,23,25). The number of nitrogens with zero attached hydrogens (tertiary/aromatic N) is 1. The molecule has 0 unspecified atom stereocenters. The van der Waals surface area contributed by atoms with E-state index in [4.69, 9.17) is 4.74 Å². The topological polar surface area (TPSA) is 75.7 Å². The zero-order valence-electron chi connectivity index (χ0n) is 16.9. The van der Waals surface area contributed by atoms with E-state index in [9.17, 15) is 13.2 Å². The van der Waals surface area contributed by atoms with Crippen LogP contribution in [0.4, 0.5) is 11.4 Å². The van der Waals surface area contributed by atoms with Crippen LogP contribution in [0.3, 0.4) is 0 Å². The van der Waals surface area contributed by atoms with E-state index in [2.05, 4.69) is 5.32 Å². The molecule has 1 fully saturated rings. The highest BCUT2D eigenvalue weighted by Gasteiger charge is 2.25. The fraction of sp³-hybridized carbons (Fsp3) is 0.409. The van der Waals surface area contributed by atoms with E-state index < -0.39 is 10.0 Å². The molecule has 2 aromatic carbocycles. The Bertz CT molecular complexity index is 939. The average Bonchev–Trinajstić information content (AvgIpc) is 3.22. The minimum Gasteiger partial charge on any atom is -0.495 e. The Morgan fingerprint density at radius 3 is 2.45 bits per heavy atom. The molecule has 156 valence electrons. The number of para-hydroxylation sites is 1. The van der Waals surface area contributed by atoms with Crippen molar-refractivity contribution < 1.29 is 17.9 Å². The number of methoxy groups -OCH3 is 1. The van der Waals surface area contributed by atoms with E-state index in [1.54, 1.807) is 37.3 Å². The van der Waals surface area contributed by atoms with Crippen LogP contribution in [-0.4, -0.2) is 28.0 Å². The molecule has 0 radical (unpaired) electrons. The van der Waals surface area contributed by atoms with Crippen molar-refractivity contribution in [1.29, 1.82) is 0 Å². The highest BCUT2D eigenvalue weighted by Crippen LogP contribution is 2.32. The number of anilines is 2. The maximum Gasteiger partial charge on any atom is 0.264 e. The lowest BCUT2D eigenvalue weighted by molar-refractivity contribution is -0.117. The molecule has 1 aliphatic carbocycles. The number of hydrogen-bond acceptors (Lipinski definition) is 4. The highest BCUT2D eigenvalue weighted by atomic mass is 32.2. The summed E-state index contributed by atoms with van der Waals surface area (Å²) in [5.74, 6) is 0.730. The molecule has 0 atom stereocenters. The van der Waals surface area contributed by atoms with Gasteiger partial charge in [-0.2, -0.15) is 0 Å². The highest BCUT2D eigenvalue weighted by molar-refractivity contribution is 7.92. The molecule has 1 amide bonds. The van der Waals surface area contributed by atoms with E-state index in [0.29, 0.717) is 36.0 Å². The Kier molecular flexibility index (Phi) is 6.79. The summed E-state index contributed by atoms with van der Waals surface area (Å²) in [6, 6.07) is 13.5. The van der Waals surface area contributed by atoms with E-state index in [1.807, 2.05) is 6.07 Å².